The first kappa shape index (κ1) is 20.1. The molecule has 0 N–H and O–H groups in total. The van der Waals surface area contributed by atoms with Crippen LogP contribution < -0.4 is 0 Å². The monoisotopic (exact) mass is 430 g/mol. The lowest BCUT2D eigenvalue weighted by Crippen LogP contribution is -2.45. The molecule has 156 valence electrons. The lowest BCUT2D eigenvalue weighted by molar-refractivity contribution is 0.101. The molecule has 31 heavy (non-hydrogen) atoms. The molecule has 0 saturated carbocycles. The molecule has 3 aromatic rings. The van der Waals surface area contributed by atoms with Crippen LogP contribution in [0.25, 0.3) is 11.3 Å². The van der Waals surface area contributed by atoms with E-state index in [9.17, 15) is 4.79 Å². The second-order valence-electron chi connectivity index (χ2n) is 8.10. The summed E-state index contributed by atoms with van der Waals surface area (Å²) in [5.74, 6) is -0.133. The number of hydrogen-bond donors (Lipinski definition) is 0. The number of aromatic nitrogens is 1. The fourth-order valence-corrected chi connectivity index (χ4v) is 4.27. The number of halogens is 1. The second kappa shape index (κ2) is 8.71. The van der Waals surface area contributed by atoms with Crippen LogP contribution in [-0.2, 0) is 13.1 Å². The number of rotatable bonds is 5. The van der Waals surface area contributed by atoms with E-state index in [-0.39, 0.29) is 5.91 Å². The molecule has 0 radical (unpaired) electrons. The molecule has 2 aliphatic heterocycles. The standard InChI is InChI=1S/C25H23ClN4O/c26-22-5-3-20(4-6-22)24-8-2-19(14-27-24)17-30-11-9-29(10-12-30)16-18-1-7-23-21(13-18)15-28-25(23)31/h1-8,13-15H,9-12,16-17H2. The number of amides is 1. The Kier molecular flexibility index (Phi) is 5.64. The second-order valence-corrected chi connectivity index (χ2v) is 8.53. The van der Waals surface area contributed by atoms with Crippen LogP contribution in [-0.4, -0.2) is 53.1 Å². The Balaban J connectivity index is 1.14. The number of piperazine rings is 1. The van der Waals surface area contributed by atoms with Gasteiger partial charge in [-0.2, -0.15) is 0 Å². The van der Waals surface area contributed by atoms with E-state index in [0.29, 0.717) is 5.56 Å². The normalized spacial score (nSPS) is 16.6. The van der Waals surface area contributed by atoms with Gasteiger partial charge in [0.05, 0.1) is 11.3 Å². The molecular weight excluding hydrogens is 408 g/mol. The van der Waals surface area contributed by atoms with Gasteiger partial charge in [0.2, 0.25) is 0 Å². The Morgan fingerprint density at radius 1 is 0.839 bits per heavy atom. The first-order valence-electron chi connectivity index (χ1n) is 10.5. The van der Waals surface area contributed by atoms with Crippen molar-refractivity contribution < 1.29 is 4.79 Å². The highest BCUT2D eigenvalue weighted by Crippen LogP contribution is 2.21. The average molecular weight is 431 g/mol. The lowest BCUT2D eigenvalue weighted by atomic mass is 10.1. The molecule has 1 aromatic heterocycles. The summed E-state index contributed by atoms with van der Waals surface area (Å²) in [5, 5.41) is 0.736. The predicted molar refractivity (Wildman–Crippen MR) is 124 cm³/mol. The molecular formula is C25H23ClN4O. The number of benzene rings is 2. The summed E-state index contributed by atoms with van der Waals surface area (Å²) in [5.41, 5.74) is 6.15. The SMILES string of the molecule is O=C1N=Cc2cc(CN3CCN(Cc4ccc(-c5ccc(Cl)cc5)nc4)CC3)ccc21. The third-order valence-electron chi connectivity index (χ3n) is 5.91. The summed E-state index contributed by atoms with van der Waals surface area (Å²) in [6.07, 6.45) is 3.65. The number of carbonyl (C=O) groups excluding carboxylic acids is 1. The molecule has 0 aliphatic carbocycles. The maximum atomic E-state index is 11.6. The molecule has 2 aliphatic rings. The topological polar surface area (TPSA) is 48.8 Å². The third kappa shape index (κ3) is 4.59. The first-order valence-corrected chi connectivity index (χ1v) is 10.9. The number of fused-ring (bicyclic) bond motifs is 1. The van der Waals surface area contributed by atoms with Gasteiger partial charge in [-0.05, 0) is 41.5 Å². The average Bonchev–Trinajstić information content (AvgIpc) is 3.16. The van der Waals surface area contributed by atoms with Crippen LogP contribution in [0.1, 0.15) is 27.0 Å². The molecule has 0 bridgehead atoms. The fraction of sp³-hybridized carbons (Fsp3) is 0.240. The van der Waals surface area contributed by atoms with Gasteiger partial charge in [-0.3, -0.25) is 19.6 Å². The van der Waals surface area contributed by atoms with Gasteiger partial charge in [0.25, 0.3) is 5.91 Å². The largest absolute Gasteiger partial charge is 0.297 e. The summed E-state index contributed by atoms with van der Waals surface area (Å²) < 4.78 is 0. The van der Waals surface area contributed by atoms with Gasteiger partial charge >= 0.3 is 0 Å². The Morgan fingerprint density at radius 3 is 2.19 bits per heavy atom. The van der Waals surface area contributed by atoms with Crippen molar-refractivity contribution in [1.82, 2.24) is 14.8 Å². The van der Waals surface area contributed by atoms with Gasteiger partial charge < -0.3 is 0 Å². The highest BCUT2D eigenvalue weighted by Gasteiger charge is 2.19. The highest BCUT2D eigenvalue weighted by atomic mass is 35.5. The highest BCUT2D eigenvalue weighted by molar-refractivity contribution is 6.30. The molecule has 0 spiro atoms. The van der Waals surface area contributed by atoms with Crippen LogP contribution in [0.2, 0.25) is 5.02 Å². The van der Waals surface area contributed by atoms with Crippen molar-refractivity contribution in [2.24, 2.45) is 4.99 Å². The van der Waals surface area contributed by atoms with Gasteiger partial charge in [-0.1, -0.05) is 35.9 Å². The van der Waals surface area contributed by atoms with Crippen molar-refractivity contribution in [3.05, 3.63) is 88.1 Å². The number of aliphatic imine (C=N–C) groups is 1. The van der Waals surface area contributed by atoms with Crippen molar-refractivity contribution in [3.63, 3.8) is 0 Å². The molecule has 5 rings (SSSR count). The summed E-state index contributed by atoms with van der Waals surface area (Å²) in [6, 6.07) is 18.0. The Hall–Kier alpha value is -2.86. The molecule has 3 heterocycles. The van der Waals surface area contributed by atoms with Crippen LogP contribution in [0.4, 0.5) is 0 Å². The Labute approximate surface area is 187 Å². The van der Waals surface area contributed by atoms with Gasteiger partial charge in [0, 0.05) is 67.8 Å². The van der Waals surface area contributed by atoms with Gasteiger partial charge in [0.15, 0.2) is 0 Å². The summed E-state index contributed by atoms with van der Waals surface area (Å²) >= 11 is 5.97. The predicted octanol–water partition coefficient (Wildman–Crippen LogP) is 4.29. The van der Waals surface area contributed by atoms with Gasteiger partial charge in [-0.25, -0.2) is 4.99 Å². The van der Waals surface area contributed by atoms with E-state index >= 15 is 0 Å². The number of nitrogens with zero attached hydrogens (tertiary/aromatic N) is 4. The van der Waals surface area contributed by atoms with E-state index in [0.717, 1.165) is 61.1 Å². The van der Waals surface area contributed by atoms with Crippen molar-refractivity contribution >= 4 is 23.7 Å². The van der Waals surface area contributed by atoms with Crippen LogP contribution >= 0.6 is 11.6 Å². The van der Waals surface area contributed by atoms with Crippen molar-refractivity contribution in [1.29, 1.82) is 0 Å². The molecule has 1 fully saturated rings. The van der Waals surface area contributed by atoms with Crippen molar-refractivity contribution in [2.75, 3.05) is 26.2 Å². The zero-order valence-electron chi connectivity index (χ0n) is 17.2. The van der Waals surface area contributed by atoms with E-state index in [1.807, 2.05) is 42.6 Å². The van der Waals surface area contributed by atoms with Crippen LogP contribution in [0.5, 0.6) is 0 Å². The fourth-order valence-electron chi connectivity index (χ4n) is 4.14. The van der Waals surface area contributed by atoms with Gasteiger partial charge in [-0.15, -0.1) is 0 Å². The van der Waals surface area contributed by atoms with Crippen LogP contribution in [0.15, 0.2) is 65.8 Å². The van der Waals surface area contributed by atoms with Crippen molar-refractivity contribution in [2.45, 2.75) is 13.1 Å². The summed E-state index contributed by atoms with van der Waals surface area (Å²) in [6.45, 7) is 5.94. The third-order valence-corrected chi connectivity index (χ3v) is 6.16. The van der Waals surface area contributed by atoms with Crippen molar-refractivity contribution in [3.8, 4) is 11.3 Å². The molecule has 2 aromatic carbocycles. The van der Waals surface area contributed by atoms with E-state index in [1.54, 1.807) is 6.21 Å². The number of pyridine rings is 1. The molecule has 6 heteroatoms. The summed E-state index contributed by atoms with van der Waals surface area (Å²) in [7, 11) is 0. The van der Waals surface area contributed by atoms with Gasteiger partial charge in [0.1, 0.15) is 0 Å². The van der Waals surface area contributed by atoms with E-state index < -0.39 is 0 Å². The molecule has 1 amide bonds. The molecule has 1 saturated heterocycles. The van der Waals surface area contributed by atoms with E-state index in [4.69, 9.17) is 11.6 Å². The zero-order chi connectivity index (χ0) is 21.2. The molecule has 0 atom stereocenters. The van der Waals surface area contributed by atoms with E-state index in [1.165, 1.54) is 11.1 Å². The Bertz CT molecular complexity index is 1120. The quantitative estimate of drug-likeness (QED) is 0.605. The van der Waals surface area contributed by atoms with Crippen LogP contribution in [0, 0.1) is 0 Å². The lowest BCUT2D eigenvalue weighted by Gasteiger charge is -2.34. The number of hydrogen-bond acceptors (Lipinski definition) is 4. The van der Waals surface area contributed by atoms with E-state index in [2.05, 4.69) is 38.0 Å². The maximum absolute atomic E-state index is 11.6. The Morgan fingerprint density at radius 2 is 1.52 bits per heavy atom. The maximum Gasteiger partial charge on any atom is 0.277 e. The minimum absolute atomic E-state index is 0.133. The summed E-state index contributed by atoms with van der Waals surface area (Å²) in [4.78, 5) is 25.1. The minimum atomic E-state index is -0.133. The minimum Gasteiger partial charge on any atom is -0.297 e. The van der Waals surface area contributed by atoms with Crippen LogP contribution in [0.3, 0.4) is 0 Å². The molecule has 0 unspecified atom stereocenters. The smallest absolute Gasteiger partial charge is 0.277 e. The molecule has 5 nitrogen and oxygen atoms in total. The zero-order valence-corrected chi connectivity index (χ0v) is 17.9. The first-order chi connectivity index (χ1) is 15.1. The number of carbonyl (C=O) groups is 1.